The van der Waals surface area contributed by atoms with Gasteiger partial charge in [-0.3, -0.25) is 14.2 Å². The van der Waals surface area contributed by atoms with Gasteiger partial charge in [0.15, 0.2) is 11.5 Å². The molecule has 9 heteroatoms. The molecule has 0 N–H and O–H groups in total. The second-order valence-electron chi connectivity index (χ2n) is 9.32. The first kappa shape index (κ1) is 20.9. The normalized spacial score (nSPS) is 19.3. The Morgan fingerprint density at radius 3 is 2.88 bits per heavy atom. The van der Waals surface area contributed by atoms with Crippen molar-refractivity contribution in [2.75, 3.05) is 31.2 Å². The number of benzene rings is 1. The SMILES string of the molecule is CC(=O)N1CCc2c(c(N3CCc4cc(-c5cn(C)nc5C#N)ccc43)nn2[C@@H]2CCOC2)C1. The molecule has 0 spiro atoms. The van der Waals surface area contributed by atoms with Crippen molar-refractivity contribution in [2.24, 2.45) is 7.05 Å². The minimum atomic E-state index is 0.102. The van der Waals surface area contributed by atoms with Crippen LogP contribution < -0.4 is 4.90 Å². The fourth-order valence-electron chi connectivity index (χ4n) is 5.50. The lowest BCUT2D eigenvalue weighted by atomic mass is 10.0. The third-order valence-corrected chi connectivity index (χ3v) is 7.24. The lowest BCUT2D eigenvalue weighted by Gasteiger charge is -2.28. The van der Waals surface area contributed by atoms with E-state index in [1.165, 1.54) is 11.3 Å². The summed E-state index contributed by atoms with van der Waals surface area (Å²) >= 11 is 0. The maximum Gasteiger partial charge on any atom is 0.219 e. The molecule has 34 heavy (non-hydrogen) atoms. The number of hydrogen-bond acceptors (Lipinski definition) is 6. The lowest BCUT2D eigenvalue weighted by molar-refractivity contribution is -0.129. The van der Waals surface area contributed by atoms with E-state index in [0.29, 0.717) is 18.8 Å². The van der Waals surface area contributed by atoms with E-state index in [9.17, 15) is 10.1 Å². The zero-order valence-corrected chi connectivity index (χ0v) is 19.5. The summed E-state index contributed by atoms with van der Waals surface area (Å²) in [5.41, 5.74) is 7.06. The third kappa shape index (κ3) is 3.29. The molecule has 0 saturated carbocycles. The van der Waals surface area contributed by atoms with Gasteiger partial charge in [0, 0.05) is 68.8 Å². The van der Waals surface area contributed by atoms with Crippen LogP contribution in [0.15, 0.2) is 24.4 Å². The predicted molar refractivity (Wildman–Crippen MR) is 126 cm³/mol. The number of carbonyl (C=O) groups excluding carboxylic acids is 1. The van der Waals surface area contributed by atoms with Crippen LogP contribution in [0, 0.1) is 11.3 Å². The summed E-state index contributed by atoms with van der Waals surface area (Å²) in [6, 6.07) is 8.81. The smallest absolute Gasteiger partial charge is 0.219 e. The molecular weight excluding hydrogens is 430 g/mol. The van der Waals surface area contributed by atoms with E-state index in [4.69, 9.17) is 9.84 Å². The molecule has 1 amide bonds. The molecule has 0 aliphatic carbocycles. The number of carbonyl (C=O) groups is 1. The number of aromatic nitrogens is 4. The molecule has 1 fully saturated rings. The van der Waals surface area contributed by atoms with Crippen LogP contribution in [-0.4, -0.2) is 56.7 Å². The number of anilines is 2. The minimum Gasteiger partial charge on any atom is -0.379 e. The van der Waals surface area contributed by atoms with Crippen molar-refractivity contribution in [1.29, 1.82) is 5.26 Å². The molecule has 5 heterocycles. The number of amides is 1. The van der Waals surface area contributed by atoms with Crippen molar-refractivity contribution in [3.63, 3.8) is 0 Å². The van der Waals surface area contributed by atoms with E-state index < -0.39 is 0 Å². The van der Waals surface area contributed by atoms with Gasteiger partial charge in [-0.15, -0.1) is 0 Å². The first-order valence-electron chi connectivity index (χ1n) is 11.8. The molecule has 0 bridgehead atoms. The maximum absolute atomic E-state index is 12.2. The van der Waals surface area contributed by atoms with Crippen LogP contribution in [0.25, 0.3) is 11.1 Å². The van der Waals surface area contributed by atoms with Gasteiger partial charge in [0.25, 0.3) is 0 Å². The van der Waals surface area contributed by atoms with E-state index in [1.54, 1.807) is 11.6 Å². The summed E-state index contributed by atoms with van der Waals surface area (Å²) in [4.78, 5) is 16.4. The number of rotatable bonds is 3. The monoisotopic (exact) mass is 457 g/mol. The largest absolute Gasteiger partial charge is 0.379 e. The maximum atomic E-state index is 12.2. The first-order valence-corrected chi connectivity index (χ1v) is 11.8. The summed E-state index contributed by atoms with van der Waals surface area (Å²) in [6.07, 6.45) is 4.58. The van der Waals surface area contributed by atoms with Crippen molar-refractivity contribution >= 4 is 17.4 Å². The summed E-state index contributed by atoms with van der Waals surface area (Å²) in [7, 11) is 1.83. The molecule has 9 nitrogen and oxygen atoms in total. The highest BCUT2D eigenvalue weighted by atomic mass is 16.5. The summed E-state index contributed by atoms with van der Waals surface area (Å²) < 4.78 is 9.52. The van der Waals surface area contributed by atoms with Crippen LogP contribution in [0.5, 0.6) is 0 Å². The molecule has 1 aromatic carbocycles. The standard InChI is InChI=1S/C25H27N7O2/c1-16(33)30-8-6-24-21(14-30)25(28-32(24)19-7-10-34-15-19)31-9-5-18-11-17(3-4-23(18)31)20-13-29(2)27-22(20)12-26/h3-4,11,13,19H,5-10,14-15H2,1-2H3/t19-/m1/s1. The Hall–Kier alpha value is -3.64. The second kappa shape index (κ2) is 7.99. The Morgan fingerprint density at radius 2 is 2.12 bits per heavy atom. The molecule has 3 aromatic rings. The number of ether oxygens (including phenoxy) is 1. The summed E-state index contributed by atoms with van der Waals surface area (Å²) in [5.74, 6) is 1.06. The van der Waals surface area contributed by atoms with Gasteiger partial charge in [-0.25, -0.2) is 0 Å². The van der Waals surface area contributed by atoms with Crippen molar-refractivity contribution in [1.82, 2.24) is 24.5 Å². The molecule has 1 atom stereocenters. The lowest BCUT2D eigenvalue weighted by Crippen LogP contribution is -2.35. The van der Waals surface area contributed by atoms with Crippen molar-refractivity contribution in [2.45, 2.75) is 38.8 Å². The number of hydrogen-bond donors (Lipinski definition) is 0. The van der Waals surface area contributed by atoms with Gasteiger partial charge in [0.2, 0.25) is 5.91 Å². The van der Waals surface area contributed by atoms with Crippen molar-refractivity contribution in [3.05, 3.63) is 46.9 Å². The predicted octanol–water partition coefficient (Wildman–Crippen LogP) is 2.72. The van der Waals surface area contributed by atoms with Gasteiger partial charge in [0.1, 0.15) is 6.07 Å². The third-order valence-electron chi connectivity index (χ3n) is 7.24. The van der Waals surface area contributed by atoms with Crippen LogP contribution in [-0.2, 0) is 36.0 Å². The van der Waals surface area contributed by atoms with Crippen LogP contribution in [0.4, 0.5) is 11.5 Å². The Balaban J connectivity index is 1.40. The van der Waals surface area contributed by atoms with Crippen LogP contribution >= 0.6 is 0 Å². The molecule has 0 unspecified atom stereocenters. The highest BCUT2D eigenvalue weighted by Gasteiger charge is 2.34. The summed E-state index contributed by atoms with van der Waals surface area (Å²) in [5, 5.41) is 18.9. The highest BCUT2D eigenvalue weighted by molar-refractivity contribution is 5.78. The second-order valence-corrected chi connectivity index (χ2v) is 9.32. The van der Waals surface area contributed by atoms with E-state index in [2.05, 4.69) is 38.9 Å². The Labute approximate surface area is 198 Å². The number of fused-ring (bicyclic) bond motifs is 2. The molecule has 6 rings (SSSR count). The van der Waals surface area contributed by atoms with E-state index in [-0.39, 0.29) is 11.9 Å². The Bertz CT molecular complexity index is 1330. The van der Waals surface area contributed by atoms with Gasteiger partial charge < -0.3 is 14.5 Å². The minimum absolute atomic E-state index is 0.102. The quantitative estimate of drug-likeness (QED) is 0.601. The van der Waals surface area contributed by atoms with E-state index >= 15 is 0 Å². The van der Waals surface area contributed by atoms with Crippen molar-refractivity contribution in [3.8, 4) is 17.2 Å². The molecule has 0 radical (unpaired) electrons. The number of aryl methyl sites for hydroxylation is 1. The molecule has 174 valence electrons. The number of nitriles is 1. The average Bonchev–Trinajstić information content (AvgIpc) is 3.62. The summed E-state index contributed by atoms with van der Waals surface area (Å²) in [6.45, 7) is 5.26. The fourth-order valence-corrected chi connectivity index (χ4v) is 5.50. The average molecular weight is 458 g/mol. The number of nitrogens with zero attached hydrogens (tertiary/aromatic N) is 7. The zero-order chi connectivity index (χ0) is 23.4. The van der Waals surface area contributed by atoms with Gasteiger partial charge in [0.05, 0.1) is 19.2 Å². The topological polar surface area (TPSA) is 92.2 Å². The zero-order valence-electron chi connectivity index (χ0n) is 19.5. The van der Waals surface area contributed by atoms with Gasteiger partial charge in [-0.05, 0) is 36.1 Å². The van der Waals surface area contributed by atoms with Gasteiger partial charge in [-0.2, -0.15) is 15.5 Å². The Kier molecular flexibility index (Phi) is 4.92. The van der Waals surface area contributed by atoms with Crippen LogP contribution in [0.3, 0.4) is 0 Å². The van der Waals surface area contributed by atoms with Crippen LogP contribution in [0.2, 0.25) is 0 Å². The highest BCUT2D eigenvalue weighted by Crippen LogP contribution is 2.41. The van der Waals surface area contributed by atoms with Crippen molar-refractivity contribution < 1.29 is 9.53 Å². The molecule has 1 saturated heterocycles. The first-order chi connectivity index (χ1) is 16.5. The van der Waals surface area contributed by atoms with E-state index in [1.807, 2.05) is 18.1 Å². The molecule has 3 aliphatic rings. The molecular formula is C25H27N7O2. The molecule has 2 aromatic heterocycles. The van der Waals surface area contributed by atoms with Crippen LogP contribution in [0.1, 0.15) is 41.9 Å². The van der Waals surface area contributed by atoms with E-state index in [0.717, 1.165) is 67.2 Å². The Morgan fingerprint density at radius 1 is 1.24 bits per heavy atom. The molecule has 3 aliphatic heterocycles. The van der Waals surface area contributed by atoms with Gasteiger partial charge >= 0.3 is 0 Å². The van der Waals surface area contributed by atoms with Gasteiger partial charge in [-0.1, -0.05) is 6.07 Å². The fraction of sp³-hybridized carbons (Fsp3) is 0.440.